The van der Waals surface area contributed by atoms with Crippen molar-refractivity contribution in [3.8, 4) is 0 Å². The second kappa shape index (κ2) is 6.99. The molecule has 0 atom stereocenters. The number of hydrogen-bond donors (Lipinski definition) is 4. The standard InChI is InChI=1S/C17H12FN7O4/c18-10-4-2-1-3-8(10)6-25-15(28)9(5-19-17(25)29)13(26)23-16-22-12-11(14(27)24-16)20-7-21-12/h1-5,7H,6H2,(H,19,29)(H3,20,21,22,23,24,26,27). The molecule has 4 N–H and O–H groups in total. The average molecular weight is 397 g/mol. The molecule has 0 fully saturated rings. The van der Waals surface area contributed by atoms with E-state index in [-0.39, 0.29) is 29.2 Å². The Labute approximate surface area is 159 Å². The first-order valence-electron chi connectivity index (χ1n) is 8.24. The first kappa shape index (κ1) is 18.0. The number of H-pyrrole nitrogens is 3. The number of aromatic amines is 3. The summed E-state index contributed by atoms with van der Waals surface area (Å²) in [6, 6.07) is 5.64. The van der Waals surface area contributed by atoms with Crippen LogP contribution in [0, 0.1) is 5.82 Å². The van der Waals surface area contributed by atoms with Crippen LogP contribution in [0.25, 0.3) is 11.2 Å². The third-order valence-corrected chi connectivity index (χ3v) is 4.12. The van der Waals surface area contributed by atoms with Crippen molar-refractivity contribution < 1.29 is 9.18 Å². The predicted octanol–water partition coefficient (Wildman–Crippen LogP) is -0.0641. The number of benzene rings is 1. The lowest BCUT2D eigenvalue weighted by Crippen LogP contribution is -2.39. The van der Waals surface area contributed by atoms with Gasteiger partial charge < -0.3 is 9.97 Å². The molecule has 0 saturated carbocycles. The lowest BCUT2D eigenvalue weighted by Gasteiger charge is -2.08. The zero-order valence-electron chi connectivity index (χ0n) is 14.5. The summed E-state index contributed by atoms with van der Waals surface area (Å²) in [6.45, 7) is -0.365. The quantitative estimate of drug-likeness (QED) is 0.377. The number of fused-ring (bicyclic) bond motifs is 1. The maximum Gasteiger partial charge on any atom is 0.328 e. The maximum absolute atomic E-state index is 13.9. The molecule has 1 aromatic carbocycles. The third kappa shape index (κ3) is 3.34. The minimum atomic E-state index is -0.933. The number of anilines is 1. The van der Waals surface area contributed by atoms with Crippen LogP contribution in [0.5, 0.6) is 0 Å². The SMILES string of the molecule is O=C(Nc1nc2nc[nH]c2c(=O)[nH]1)c1c[nH]c(=O)n(Cc2ccccc2F)c1=O. The molecule has 0 aliphatic rings. The van der Waals surface area contributed by atoms with Crippen LogP contribution in [0.3, 0.4) is 0 Å². The van der Waals surface area contributed by atoms with Gasteiger partial charge in [-0.05, 0) is 6.07 Å². The van der Waals surface area contributed by atoms with Crippen LogP contribution in [0.1, 0.15) is 15.9 Å². The van der Waals surface area contributed by atoms with Gasteiger partial charge >= 0.3 is 5.69 Å². The fraction of sp³-hybridized carbons (Fsp3) is 0.0588. The Kier molecular flexibility index (Phi) is 4.35. The van der Waals surface area contributed by atoms with Gasteiger partial charge in [0, 0.05) is 11.8 Å². The number of carbonyl (C=O) groups is 1. The van der Waals surface area contributed by atoms with Gasteiger partial charge in [0.1, 0.15) is 11.4 Å². The zero-order chi connectivity index (χ0) is 20.5. The molecule has 3 aromatic heterocycles. The van der Waals surface area contributed by atoms with Gasteiger partial charge in [-0.1, -0.05) is 18.2 Å². The summed E-state index contributed by atoms with van der Waals surface area (Å²) in [6.07, 6.45) is 2.20. The van der Waals surface area contributed by atoms with Crippen LogP contribution < -0.4 is 22.1 Å². The Bertz CT molecular complexity index is 1420. The Morgan fingerprint density at radius 2 is 1.97 bits per heavy atom. The van der Waals surface area contributed by atoms with Crippen LogP contribution in [0.2, 0.25) is 0 Å². The van der Waals surface area contributed by atoms with E-state index in [4.69, 9.17) is 0 Å². The highest BCUT2D eigenvalue weighted by molar-refractivity contribution is 6.03. The summed E-state index contributed by atoms with van der Waals surface area (Å²) in [4.78, 5) is 64.0. The van der Waals surface area contributed by atoms with E-state index in [1.54, 1.807) is 6.07 Å². The zero-order valence-corrected chi connectivity index (χ0v) is 14.5. The second-order valence-corrected chi connectivity index (χ2v) is 5.96. The monoisotopic (exact) mass is 397 g/mol. The van der Waals surface area contributed by atoms with Crippen molar-refractivity contribution in [1.29, 1.82) is 0 Å². The van der Waals surface area contributed by atoms with E-state index in [2.05, 4.69) is 30.2 Å². The molecule has 0 saturated heterocycles. The van der Waals surface area contributed by atoms with Crippen LogP contribution in [0.4, 0.5) is 10.3 Å². The van der Waals surface area contributed by atoms with Crippen molar-refractivity contribution in [3.05, 3.63) is 84.9 Å². The number of halogens is 1. The Balaban J connectivity index is 1.68. The normalized spacial score (nSPS) is 10.9. The Hall–Kier alpha value is -4.35. The first-order valence-corrected chi connectivity index (χ1v) is 8.24. The summed E-state index contributed by atoms with van der Waals surface area (Å²) in [5.74, 6) is -1.75. The third-order valence-electron chi connectivity index (χ3n) is 4.12. The Morgan fingerprint density at radius 1 is 1.17 bits per heavy atom. The predicted molar refractivity (Wildman–Crippen MR) is 99.3 cm³/mol. The lowest BCUT2D eigenvalue weighted by atomic mass is 10.2. The molecular formula is C17H12FN7O4. The fourth-order valence-corrected chi connectivity index (χ4v) is 2.69. The van der Waals surface area contributed by atoms with Gasteiger partial charge in [0.25, 0.3) is 17.0 Å². The molecule has 0 unspecified atom stereocenters. The molecule has 0 bridgehead atoms. The number of imidazole rings is 1. The van der Waals surface area contributed by atoms with Crippen molar-refractivity contribution in [2.45, 2.75) is 6.54 Å². The van der Waals surface area contributed by atoms with Gasteiger partial charge in [0.05, 0.1) is 12.9 Å². The molecule has 29 heavy (non-hydrogen) atoms. The number of hydrogen-bond acceptors (Lipinski definition) is 6. The van der Waals surface area contributed by atoms with Crippen LogP contribution in [0.15, 0.2) is 51.2 Å². The van der Waals surface area contributed by atoms with Crippen molar-refractivity contribution in [2.24, 2.45) is 0 Å². The smallest absolute Gasteiger partial charge is 0.328 e. The maximum atomic E-state index is 13.9. The van der Waals surface area contributed by atoms with E-state index in [1.807, 2.05) is 0 Å². The molecule has 4 rings (SSSR count). The van der Waals surface area contributed by atoms with Crippen LogP contribution >= 0.6 is 0 Å². The summed E-state index contributed by atoms with van der Waals surface area (Å²) < 4.78 is 14.6. The highest BCUT2D eigenvalue weighted by atomic mass is 19.1. The molecule has 12 heteroatoms. The van der Waals surface area contributed by atoms with Crippen molar-refractivity contribution in [1.82, 2.24) is 29.5 Å². The van der Waals surface area contributed by atoms with Gasteiger partial charge in [-0.3, -0.25) is 29.3 Å². The van der Waals surface area contributed by atoms with E-state index < -0.39 is 34.1 Å². The summed E-state index contributed by atoms with van der Waals surface area (Å²) in [5, 5.41) is 2.27. The number of nitrogens with zero attached hydrogens (tertiary/aromatic N) is 3. The highest BCUT2D eigenvalue weighted by Crippen LogP contribution is 2.07. The van der Waals surface area contributed by atoms with Gasteiger partial charge in [-0.2, -0.15) is 4.98 Å². The number of amides is 1. The van der Waals surface area contributed by atoms with E-state index in [0.717, 1.165) is 6.20 Å². The molecular weight excluding hydrogens is 385 g/mol. The van der Waals surface area contributed by atoms with E-state index in [9.17, 15) is 23.6 Å². The van der Waals surface area contributed by atoms with Gasteiger partial charge in [-0.15, -0.1) is 0 Å². The van der Waals surface area contributed by atoms with Gasteiger partial charge in [0.2, 0.25) is 5.95 Å². The molecule has 1 amide bonds. The summed E-state index contributed by atoms with van der Waals surface area (Å²) >= 11 is 0. The van der Waals surface area contributed by atoms with E-state index in [0.29, 0.717) is 4.57 Å². The number of nitrogens with one attached hydrogen (secondary N) is 4. The minimum Gasteiger partial charge on any atom is -0.339 e. The lowest BCUT2D eigenvalue weighted by molar-refractivity contribution is 0.102. The van der Waals surface area contributed by atoms with Crippen LogP contribution in [-0.2, 0) is 6.54 Å². The second-order valence-electron chi connectivity index (χ2n) is 5.96. The molecule has 3 heterocycles. The average Bonchev–Trinajstić information content (AvgIpc) is 3.15. The molecule has 146 valence electrons. The largest absolute Gasteiger partial charge is 0.339 e. The summed E-state index contributed by atoms with van der Waals surface area (Å²) in [7, 11) is 0. The molecule has 11 nitrogen and oxygen atoms in total. The van der Waals surface area contributed by atoms with Crippen LogP contribution in [-0.4, -0.2) is 35.4 Å². The van der Waals surface area contributed by atoms with E-state index >= 15 is 0 Å². The first-order chi connectivity index (χ1) is 13.9. The molecule has 4 aromatic rings. The topological polar surface area (TPSA) is 158 Å². The number of carbonyl (C=O) groups excluding carboxylic acids is 1. The molecule has 0 aliphatic carbocycles. The van der Waals surface area contributed by atoms with E-state index in [1.165, 1.54) is 24.5 Å². The molecule has 0 aliphatic heterocycles. The van der Waals surface area contributed by atoms with Crippen molar-refractivity contribution in [2.75, 3.05) is 5.32 Å². The summed E-state index contributed by atoms with van der Waals surface area (Å²) in [5.41, 5.74) is -2.43. The van der Waals surface area contributed by atoms with Gasteiger partial charge in [-0.25, -0.2) is 14.2 Å². The molecule has 0 radical (unpaired) electrons. The number of rotatable bonds is 4. The number of aromatic nitrogens is 6. The highest BCUT2D eigenvalue weighted by Gasteiger charge is 2.17. The molecule has 0 spiro atoms. The van der Waals surface area contributed by atoms with Crippen molar-refractivity contribution in [3.63, 3.8) is 0 Å². The fourth-order valence-electron chi connectivity index (χ4n) is 2.69. The minimum absolute atomic E-state index is 0.0717. The Morgan fingerprint density at radius 3 is 2.76 bits per heavy atom. The van der Waals surface area contributed by atoms with Gasteiger partial charge in [0.15, 0.2) is 11.2 Å². The van der Waals surface area contributed by atoms with Crippen molar-refractivity contribution >= 4 is 23.0 Å².